The second-order valence-corrected chi connectivity index (χ2v) is 7.78. The van der Waals surface area contributed by atoms with Gasteiger partial charge >= 0.3 is 0 Å². The van der Waals surface area contributed by atoms with E-state index in [1.807, 2.05) is 6.07 Å². The molecule has 7 nitrogen and oxygen atoms in total. The summed E-state index contributed by atoms with van der Waals surface area (Å²) in [6.45, 7) is 0.679. The van der Waals surface area contributed by atoms with Crippen LogP contribution in [0.15, 0.2) is 24.3 Å². The van der Waals surface area contributed by atoms with Gasteiger partial charge in [0, 0.05) is 38.8 Å². The quantitative estimate of drug-likeness (QED) is 0.888. The normalized spacial score (nSPS) is 17.0. The van der Waals surface area contributed by atoms with Gasteiger partial charge in [0.1, 0.15) is 0 Å². The molecular formula is C15H20N4O3S. The van der Waals surface area contributed by atoms with Crippen LogP contribution in [0.5, 0.6) is 0 Å². The molecule has 0 bridgehead atoms. The number of nitrogens with one attached hydrogen (secondary N) is 1. The highest BCUT2D eigenvalue weighted by Gasteiger charge is 2.32. The largest absolute Gasteiger partial charge is 0.326 e. The zero-order valence-corrected chi connectivity index (χ0v) is 14.0. The first kappa shape index (κ1) is 17.4. The zero-order valence-electron chi connectivity index (χ0n) is 13.2. The summed E-state index contributed by atoms with van der Waals surface area (Å²) >= 11 is 0. The number of rotatable bonds is 4. The Morgan fingerprint density at radius 1 is 1.26 bits per heavy atom. The topological polar surface area (TPSA) is 93.5 Å². The molecule has 0 saturated carbocycles. The van der Waals surface area contributed by atoms with E-state index in [0.717, 1.165) is 0 Å². The molecule has 124 valence electrons. The van der Waals surface area contributed by atoms with Gasteiger partial charge in [-0.15, -0.1) is 0 Å². The fraction of sp³-hybridized carbons (Fsp3) is 0.467. The van der Waals surface area contributed by atoms with Gasteiger partial charge in [0.25, 0.3) is 10.2 Å². The minimum absolute atomic E-state index is 0.114. The van der Waals surface area contributed by atoms with Crippen molar-refractivity contribution in [1.82, 2.24) is 8.61 Å². The smallest absolute Gasteiger partial charge is 0.281 e. The van der Waals surface area contributed by atoms with Crippen molar-refractivity contribution < 1.29 is 13.2 Å². The average Bonchev–Trinajstić information content (AvgIpc) is 2.55. The van der Waals surface area contributed by atoms with Gasteiger partial charge in [-0.25, -0.2) is 0 Å². The zero-order chi connectivity index (χ0) is 17.0. The van der Waals surface area contributed by atoms with E-state index in [1.165, 1.54) is 22.7 Å². The van der Waals surface area contributed by atoms with E-state index < -0.39 is 10.2 Å². The Balaban J connectivity index is 1.92. The third kappa shape index (κ3) is 4.07. The Bertz CT molecular complexity index is 699. The van der Waals surface area contributed by atoms with Crippen molar-refractivity contribution in [2.75, 3.05) is 32.5 Å². The number of benzene rings is 1. The number of nitrogens with zero attached hydrogens (tertiary/aromatic N) is 3. The molecule has 0 radical (unpaired) electrons. The molecule has 8 heteroatoms. The third-order valence-corrected chi connectivity index (χ3v) is 5.83. The van der Waals surface area contributed by atoms with E-state index in [-0.39, 0.29) is 11.8 Å². The van der Waals surface area contributed by atoms with Crippen molar-refractivity contribution in [2.24, 2.45) is 5.92 Å². The molecule has 1 fully saturated rings. The van der Waals surface area contributed by atoms with Crippen LogP contribution in [-0.2, 0) is 15.0 Å². The first-order valence-corrected chi connectivity index (χ1v) is 8.73. The van der Waals surface area contributed by atoms with Gasteiger partial charge in [-0.1, -0.05) is 0 Å². The third-order valence-electron chi connectivity index (χ3n) is 3.89. The second kappa shape index (κ2) is 7.08. The number of amides is 1. The fourth-order valence-corrected chi connectivity index (χ4v) is 3.59. The van der Waals surface area contributed by atoms with Crippen LogP contribution in [0.3, 0.4) is 0 Å². The minimum Gasteiger partial charge on any atom is -0.326 e. The number of hydrogen-bond donors (Lipinski definition) is 1. The van der Waals surface area contributed by atoms with Gasteiger partial charge in [-0.2, -0.15) is 22.3 Å². The predicted octanol–water partition coefficient (Wildman–Crippen LogP) is 1.02. The Hall–Kier alpha value is -1.95. The van der Waals surface area contributed by atoms with Crippen LogP contribution in [0, 0.1) is 17.2 Å². The lowest BCUT2D eigenvalue weighted by Crippen LogP contribution is -2.46. The van der Waals surface area contributed by atoms with Crippen LogP contribution in [0.4, 0.5) is 5.69 Å². The fourth-order valence-electron chi connectivity index (χ4n) is 2.45. The summed E-state index contributed by atoms with van der Waals surface area (Å²) in [7, 11) is -0.413. The molecule has 1 aliphatic rings. The summed E-state index contributed by atoms with van der Waals surface area (Å²) in [6, 6.07) is 8.67. The number of carbonyl (C=O) groups is 1. The molecule has 0 unspecified atom stereocenters. The summed E-state index contributed by atoms with van der Waals surface area (Å²) in [5.74, 6) is -0.323. The molecule has 1 saturated heterocycles. The van der Waals surface area contributed by atoms with Crippen molar-refractivity contribution in [2.45, 2.75) is 12.8 Å². The molecule has 23 heavy (non-hydrogen) atoms. The highest BCUT2D eigenvalue weighted by atomic mass is 32.2. The lowest BCUT2D eigenvalue weighted by atomic mass is 9.97. The molecule has 0 aliphatic carbocycles. The lowest BCUT2D eigenvalue weighted by Gasteiger charge is -2.32. The summed E-state index contributed by atoms with van der Waals surface area (Å²) in [4.78, 5) is 12.3. The van der Waals surface area contributed by atoms with Crippen LogP contribution < -0.4 is 5.32 Å². The van der Waals surface area contributed by atoms with Crippen molar-refractivity contribution in [3.05, 3.63) is 29.8 Å². The second-order valence-electron chi connectivity index (χ2n) is 5.64. The standard InChI is InChI=1S/C15H20N4O3S/c1-18(2)23(21,22)19-9-7-13(8-10-19)15(20)17-14-5-3-12(11-16)4-6-14/h3-6,13H,7-10H2,1-2H3,(H,17,20). The van der Waals surface area contributed by atoms with E-state index in [9.17, 15) is 13.2 Å². The van der Waals surface area contributed by atoms with E-state index in [2.05, 4.69) is 5.32 Å². The molecule has 1 heterocycles. The number of carbonyl (C=O) groups excluding carboxylic acids is 1. The number of piperidine rings is 1. The Morgan fingerprint density at radius 3 is 2.30 bits per heavy atom. The molecule has 1 aromatic rings. The van der Waals surface area contributed by atoms with Gasteiger partial charge < -0.3 is 5.32 Å². The monoisotopic (exact) mass is 336 g/mol. The Morgan fingerprint density at radius 2 is 1.83 bits per heavy atom. The molecule has 1 amide bonds. The summed E-state index contributed by atoms with van der Waals surface area (Å²) in [5.41, 5.74) is 1.17. The molecule has 0 spiro atoms. The highest BCUT2D eigenvalue weighted by molar-refractivity contribution is 7.86. The number of anilines is 1. The number of nitriles is 1. The summed E-state index contributed by atoms with van der Waals surface area (Å²) in [5, 5.41) is 11.6. The van der Waals surface area contributed by atoms with Gasteiger partial charge in [0.05, 0.1) is 11.6 Å². The van der Waals surface area contributed by atoms with Crippen LogP contribution in [-0.4, -0.2) is 50.1 Å². The molecule has 0 aromatic heterocycles. The maximum absolute atomic E-state index is 12.3. The van der Waals surface area contributed by atoms with Gasteiger partial charge in [0.15, 0.2) is 0 Å². The van der Waals surface area contributed by atoms with Crippen molar-refractivity contribution in [3.8, 4) is 6.07 Å². The van der Waals surface area contributed by atoms with E-state index >= 15 is 0 Å². The lowest BCUT2D eigenvalue weighted by molar-refractivity contribution is -0.120. The van der Waals surface area contributed by atoms with E-state index in [1.54, 1.807) is 24.3 Å². The highest BCUT2D eigenvalue weighted by Crippen LogP contribution is 2.22. The SMILES string of the molecule is CN(C)S(=O)(=O)N1CCC(C(=O)Nc2ccc(C#N)cc2)CC1. The average molecular weight is 336 g/mol. The Kier molecular flexibility index (Phi) is 5.36. The predicted molar refractivity (Wildman–Crippen MR) is 86.7 cm³/mol. The molecule has 1 N–H and O–H groups in total. The molecule has 0 atom stereocenters. The van der Waals surface area contributed by atoms with Crippen LogP contribution >= 0.6 is 0 Å². The van der Waals surface area contributed by atoms with Crippen LogP contribution in [0.25, 0.3) is 0 Å². The Labute approximate surface area is 136 Å². The van der Waals surface area contributed by atoms with Gasteiger partial charge in [0.2, 0.25) is 5.91 Å². The van der Waals surface area contributed by atoms with Crippen LogP contribution in [0.1, 0.15) is 18.4 Å². The van der Waals surface area contributed by atoms with Gasteiger partial charge in [-0.05, 0) is 37.1 Å². The van der Waals surface area contributed by atoms with Crippen molar-refractivity contribution >= 4 is 21.8 Å². The molecule has 1 aromatic carbocycles. The maximum atomic E-state index is 12.3. The number of hydrogen-bond acceptors (Lipinski definition) is 4. The minimum atomic E-state index is -3.41. The molecule has 2 rings (SSSR count). The van der Waals surface area contributed by atoms with Crippen molar-refractivity contribution in [1.29, 1.82) is 5.26 Å². The summed E-state index contributed by atoms with van der Waals surface area (Å²) < 4.78 is 26.7. The van der Waals surface area contributed by atoms with Crippen molar-refractivity contribution in [3.63, 3.8) is 0 Å². The van der Waals surface area contributed by atoms with Crippen LogP contribution in [0.2, 0.25) is 0 Å². The van der Waals surface area contributed by atoms with E-state index in [0.29, 0.717) is 37.2 Å². The first-order chi connectivity index (χ1) is 10.8. The maximum Gasteiger partial charge on any atom is 0.281 e. The first-order valence-electron chi connectivity index (χ1n) is 7.33. The van der Waals surface area contributed by atoms with Gasteiger partial charge in [-0.3, -0.25) is 4.79 Å². The molecule has 1 aliphatic heterocycles. The summed E-state index contributed by atoms with van der Waals surface area (Å²) in [6.07, 6.45) is 0.990. The molecular weight excluding hydrogens is 316 g/mol. The van der Waals surface area contributed by atoms with E-state index in [4.69, 9.17) is 5.26 Å².